The van der Waals surface area contributed by atoms with E-state index in [2.05, 4.69) is 20.6 Å². The summed E-state index contributed by atoms with van der Waals surface area (Å²) in [6, 6.07) is 13.6. The molecule has 7 nitrogen and oxygen atoms in total. The van der Waals surface area contributed by atoms with Crippen molar-refractivity contribution in [3.8, 4) is 11.1 Å². The van der Waals surface area contributed by atoms with E-state index < -0.39 is 23.7 Å². The molecule has 0 aliphatic rings. The Labute approximate surface area is 179 Å². The highest BCUT2D eigenvalue weighted by Crippen LogP contribution is 2.32. The van der Waals surface area contributed by atoms with E-state index in [9.17, 15) is 22.8 Å². The summed E-state index contributed by atoms with van der Waals surface area (Å²) in [5.74, 6) is -0.629. The minimum atomic E-state index is -4.45. The van der Waals surface area contributed by atoms with Gasteiger partial charge >= 0.3 is 12.2 Å². The number of amides is 3. The molecule has 0 unspecified atom stereocenters. The van der Waals surface area contributed by atoms with Crippen LogP contribution in [0.1, 0.15) is 16.1 Å². The number of rotatable bonds is 4. The number of anilines is 2. The largest absolute Gasteiger partial charge is 0.416 e. The Morgan fingerprint density at radius 3 is 2.06 bits per heavy atom. The summed E-state index contributed by atoms with van der Waals surface area (Å²) in [6.45, 7) is 0. The molecule has 0 aliphatic carbocycles. The Kier molecular flexibility index (Phi) is 5.27. The Balaban J connectivity index is 1.50. The Morgan fingerprint density at radius 1 is 0.906 bits per heavy atom. The van der Waals surface area contributed by atoms with Crippen LogP contribution in [-0.2, 0) is 6.18 Å². The molecular formula is C22H16F3N5O2. The first-order valence-corrected chi connectivity index (χ1v) is 9.34. The first-order chi connectivity index (χ1) is 15.2. The summed E-state index contributed by atoms with van der Waals surface area (Å²) in [6.07, 6.45) is -2.84. The molecule has 4 aromatic rings. The number of hydrogen-bond donors (Lipinski definition) is 4. The number of H-pyrrole nitrogens is 1. The SMILES string of the molecule is NC(=O)c1[nH]c2cccnc2c1-c1ccc(NC(=O)Nc2ccc(C(F)(F)F)cc2)cc1. The lowest BCUT2D eigenvalue weighted by Crippen LogP contribution is -2.19. The molecule has 2 aromatic heterocycles. The predicted octanol–water partition coefficient (Wildman–Crippen LogP) is 4.99. The van der Waals surface area contributed by atoms with Gasteiger partial charge in [-0.3, -0.25) is 9.78 Å². The summed E-state index contributed by atoms with van der Waals surface area (Å²) in [4.78, 5) is 31.3. The first kappa shape index (κ1) is 20.9. The van der Waals surface area contributed by atoms with E-state index in [0.29, 0.717) is 27.8 Å². The van der Waals surface area contributed by atoms with Gasteiger partial charge in [0.15, 0.2) is 0 Å². The molecule has 5 N–H and O–H groups in total. The maximum atomic E-state index is 12.6. The highest BCUT2D eigenvalue weighted by Gasteiger charge is 2.30. The molecule has 0 radical (unpaired) electrons. The third-order valence-electron chi connectivity index (χ3n) is 4.70. The minimum absolute atomic E-state index is 0.211. The number of carbonyl (C=O) groups excluding carboxylic acids is 2. The second-order valence-corrected chi connectivity index (χ2v) is 6.87. The summed E-state index contributed by atoms with van der Waals surface area (Å²) in [5.41, 5.74) is 8.02. The normalized spacial score (nSPS) is 11.3. The van der Waals surface area contributed by atoms with Gasteiger partial charge in [-0.2, -0.15) is 13.2 Å². The van der Waals surface area contributed by atoms with E-state index in [1.807, 2.05) is 0 Å². The number of primary amides is 1. The van der Waals surface area contributed by atoms with E-state index in [-0.39, 0.29) is 11.4 Å². The standard InChI is InChI=1S/C22H16F3N5O2/c23-22(24,25)13-5-9-15(10-6-13)29-21(32)28-14-7-3-12(4-8-14)17-18-16(2-1-11-27-18)30-19(17)20(26)31/h1-11,30H,(H2,26,31)(H2,28,29,32). The summed E-state index contributed by atoms with van der Waals surface area (Å²) < 4.78 is 37.9. The van der Waals surface area contributed by atoms with Crippen molar-refractivity contribution in [1.82, 2.24) is 9.97 Å². The van der Waals surface area contributed by atoms with Gasteiger partial charge in [0.2, 0.25) is 0 Å². The van der Waals surface area contributed by atoms with Crippen molar-refractivity contribution < 1.29 is 22.8 Å². The van der Waals surface area contributed by atoms with E-state index in [1.165, 1.54) is 12.1 Å². The number of nitrogens with one attached hydrogen (secondary N) is 3. The number of urea groups is 1. The van der Waals surface area contributed by atoms with Gasteiger partial charge in [-0.05, 0) is 54.1 Å². The first-order valence-electron chi connectivity index (χ1n) is 9.34. The lowest BCUT2D eigenvalue weighted by Gasteiger charge is -2.10. The van der Waals surface area contributed by atoms with Crippen LogP contribution < -0.4 is 16.4 Å². The minimum Gasteiger partial charge on any atom is -0.364 e. The number of halogens is 3. The van der Waals surface area contributed by atoms with E-state index in [1.54, 1.807) is 42.6 Å². The fraction of sp³-hybridized carbons (Fsp3) is 0.0455. The molecule has 0 atom stereocenters. The highest BCUT2D eigenvalue weighted by atomic mass is 19.4. The highest BCUT2D eigenvalue weighted by molar-refractivity contribution is 6.08. The van der Waals surface area contributed by atoms with Crippen LogP contribution in [0.5, 0.6) is 0 Å². The molecule has 2 aromatic carbocycles. The number of aromatic amines is 1. The summed E-state index contributed by atoms with van der Waals surface area (Å²) in [5, 5.41) is 5.06. The van der Waals surface area contributed by atoms with Crippen LogP contribution in [0.3, 0.4) is 0 Å². The van der Waals surface area contributed by atoms with Crippen molar-refractivity contribution >= 4 is 34.3 Å². The number of pyridine rings is 1. The fourth-order valence-corrected chi connectivity index (χ4v) is 3.24. The molecule has 0 bridgehead atoms. The molecule has 0 spiro atoms. The van der Waals surface area contributed by atoms with Gasteiger partial charge in [-0.25, -0.2) is 4.79 Å². The van der Waals surface area contributed by atoms with Gasteiger partial charge in [0.05, 0.1) is 16.6 Å². The molecule has 32 heavy (non-hydrogen) atoms. The van der Waals surface area contributed by atoms with Gasteiger partial charge < -0.3 is 21.4 Å². The Morgan fingerprint density at radius 2 is 1.50 bits per heavy atom. The van der Waals surface area contributed by atoms with Crippen molar-refractivity contribution in [2.24, 2.45) is 5.73 Å². The molecule has 4 rings (SSSR count). The number of hydrogen-bond acceptors (Lipinski definition) is 3. The number of carbonyl (C=O) groups is 2. The monoisotopic (exact) mass is 439 g/mol. The third kappa shape index (κ3) is 4.24. The van der Waals surface area contributed by atoms with E-state index in [0.717, 1.165) is 12.1 Å². The molecule has 0 aliphatic heterocycles. The van der Waals surface area contributed by atoms with Crippen molar-refractivity contribution in [2.75, 3.05) is 10.6 Å². The van der Waals surface area contributed by atoms with E-state index >= 15 is 0 Å². The topological polar surface area (TPSA) is 113 Å². The van der Waals surface area contributed by atoms with Crippen LogP contribution in [0.2, 0.25) is 0 Å². The Hall–Kier alpha value is -4.34. The molecule has 0 saturated heterocycles. The lowest BCUT2D eigenvalue weighted by atomic mass is 10.0. The zero-order valence-electron chi connectivity index (χ0n) is 16.3. The van der Waals surface area contributed by atoms with Gasteiger partial charge in [-0.1, -0.05) is 12.1 Å². The predicted molar refractivity (Wildman–Crippen MR) is 114 cm³/mol. The van der Waals surface area contributed by atoms with Gasteiger partial charge in [-0.15, -0.1) is 0 Å². The summed E-state index contributed by atoms with van der Waals surface area (Å²) in [7, 11) is 0. The molecule has 162 valence electrons. The number of fused-ring (bicyclic) bond motifs is 1. The number of nitrogens with two attached hydrogens (primary N) is 1. The smallest absolute Gasteiger partial charge is 0.364 e. The number of aromatic nitrogens is 2. The van der Waals surface area contributed by atoms with Crippen LogP contribution in [0, 0.1) is 0 Å². The Bertz CT molecular complexity index is 1300. The average Bonchev–Trinajstić information content (AvgIpc) is 3.14. The molecule has 3 amide bonds. The molecule has 0 saturated carbocycles. The molecule has 0 fully saturated rings. The molecule has 2 heterocycles. The molecule has 10 heteroatoms. The van der Waals surface area contributed by atoms with Crippen LogP contribution in [-0.4, -0.2) is 21.9 Å². The third-order valence-corrected chi connectivity index (χ3v) is 4.70. The number of nitrogens with zero attached hydrogens (tertiary/aromatic N) is 1. The van der Waals surface area contributed by atoms with Crippen LogP contribution in [0.15, 0.2) is 66.9 Å². The van der Waals surface area contributed by atoms with Crippen LogP contribution in [0.25, 0.3) is 22.2 Å². The number of alkyl halides is 3. The zero-order chi connectivity index (χ0) is 22.9. The lowest BCUT2D eigenvalue weighted by molar-refractivity contribution is -0.137. The number of benzene rings is 2. The fourth-order valence-electron chi connectivity index (χ4n) is 3.24. The summed E-state index contributed by atoms with van der Waals surface area (Å²) >= 11 is 0. The van der Waals surface area contributed by atoms with Crippen molar-refractivity contribution in [3.63, 3.8) is 0 Å². The van der Waals surface area contributed by atoms with Gasteiger partial charge in [0.25, 0.3) is 5.91 Å². The quantitative estimate of drug-likeness (QED) is 0.359. The maximum absolute atomic E-state index is 12.6. The zero-order valence-corrected chi connectivity index (χ0v) is 16.3. The van der Waals surface area contributed by atoms with Crippen molar-refractivity contribution in [2.45, 2.75) is 6.18 Å². The van der Waals surface area contributed by atoms with Crippen molar-refractivity contribution in [3.05, 3.63) is 78.1 Å². The average molecular weight is 439 g/mol. The van der Waals surface area contributed by atoms with E-state index in [4.69, 9.17) is 5.73 Å². The van der Waals surface area contributed by atoms with Crippen LogP contribution >= 0.6 is 0 Å². The van der Waals surface area contributed by atoms with Crippen LogP contribution in [0.4, 0.5) is 29.3 Å². The maximum Gasteiger partial charge on any atom is 0.416 e. The second-order valence-electron chi connectivity index (χ2n) is 6.87. The van der Waals surface area contributed by atoms with Gasteiger partial charge in [0.1, 0.15) is 5.69 Å². The second kappa shape index (κ2) is 8.06. The molecular weight excluding hydrogens is 423 g/mol. The van der Waals surface area contributed by atoms with Crippen molar-refractivity contribution in [1.29, 1.82) is 0 Å². The van der Waals surface area contributed by atoms with Gasteiger partial charge in [0, 0.05) is 23.1 Å².